The summed E-state index contributed by atoms with van der Waals surface area (Å²) in [4.78, 5) is 11.2. The van der Waals surface area contributed by atoms with Crippen LogP contribution in [0.3, 0.4) is 0 Å². The number of hydrogen-bond donors (Lipinski definition) is 1. The molecule has 0 bridgehead atoms. The van der Waals surface area contributed by atoms with Crippen LogP contribution in [0, 0.1) is 0 Å². The van der Waals surface area contributed by atoms with Crippen LogP contribution in [0.2, 0.25) is 0 Å². The van der Waals surface area contributed by atoms with E-state index in [1.165, 1.54) is 31.4 Å². The highest BCUT2D eigenvalue weighted by Gasteiger charge is 2.31. The zero-order chi connectivity index (χ0) is 18.7. The summed E-state index contributed by atoms with van der Waals surface area (Å²) in [7, 11) is -2.88. The molecule has 10 heteroatoms. The van der Waals surface area contributed by atoms with Gasteiger partial charge in [-0.05, 0) is 42.5 Å². The number of methoxy groups -OCH3 is 1. The van der Waals surface area contributed by atoms with E-state index in [0.29, 0.717) is 0 Å². The molecule has 0 atom stereocenters. The molecule has 0 saturated carbocycles. The first-order valence-corrected chi connectivity index (χ1v) is 8.16. The predicted octanol–water partition coefficient (Wildman–Crippen LogP) is 3.17. The largest absolute Gasteiger partial charge is 0.573 e. The summed E-state index contributed by atoms with van der Waals surface area (Å²) in [5, 5.41) is 0. The first-order chi connectivity index (χ1) is 11.6. The second kappa shape index (κ2) is 7.01. The number of rotatable bonds is 5. The van der Waals surface area contributed by atoms with Crippen molar-refractivity contribution < 1.29 is 35.9 Å². The zero-order valence-corrected chi connectivity index (χ0v) is 13.5. The number of anilines is 1. The molecule has 0 unspecified atom stereocenters. The topological polar surface area (TPSA) is 81.7 Å². The van der Waals surface area contributed by atoms with Gasteiger partial charge in [0, 0.05) is 5.69 Å². The molecular weight excluding hydrogens is 363 g/mol. The van der Waals surface area contributed by atoms with Gasteiger partial charge in [-0.1, -0.05) is 6.07 Å². The Morgan fingerprint density at radius 1 is 1.08 bits per heavy atom. The molecule has 134 valence electrons. The van der Waals surface area contributed by atoms with Gasteiger partial charge in [-0.25, -0.2) is 13.2 Å². The van der Waals surface area contributed by atoms with E-state index in [0.717, 1.165) is 24.3 Å². The molecular formula is C15H12F3NO5S. The third-order valence-corrected chi connectivity index (χ3v) is 4.30. The molecule has 2 aromatic rings. The lowest BCUT2D eigenvalue weighted by molar-refractivity contribution is -0.274. The molecule has 0 spiro atoms. The van der Waals surface area contributed by atoms with Crippen LogP contribution in [0.4, 0.5) is 18.9 Å². The van der Waals surface area contributed by atoms with Crippen molar-refractivity contribution >= 4 is 21.7 Å². The van der Waals surface area contributed by atoms with Crippen LogP contribution in [0.1, 0.15) is 10.4 Å². The minimum atomic E-state index is -4.87. The maximum atomic E-state index is 12.3. The van der Waals surface area contributed by atoms with Gasteiger partial charge in [0.1, 0.15) is 5.75 Å². The second-order valence-electron chi connectivity index (χ2n) is 4.70. The molecule has 25 heavy (non-hydrogen) atoms. The molecule has 0 aromatic heterocycles. The maximum absolute atomic E-state index is 12.3. The Morgan fingerprint density at radius 2 is 1.72 bits per heavy atom. The minimum absolute atomic E-state index is 0.0959. The van der Waals surface area contributed by atoms with E-state index in [-0.39, 0.29) is 16.1 Å². The van der Waals surface area contributed by atoms with Crippen LogP contribution in [-0.4, -0.2) is 27.9 Å². The van der Waals surface area contributed by atoms with Crippen molar-refractivity contribution in [1.82, 2.24) is 0 Å². The lowest BCUT2D eigenvalue weighted by atomic mass is 10.2. The Kier molecular flexibility index (Phi) is 5.21. The van der Waals surface area contributed by atoms with Gasteiger partial charge < -0.3 is 9.47 Å². The molecule has 0 aliphatic rings. The number of nitrogens with one attached hydrogen (secondary N) is 1. The van der Waals surface area contributed by atoms with Crippen molar-refractivity contribution in [2.24, 2.45) is 0 Å². The fourth-order valence-corrected chi connectivity index (χ4v) is 2.91. The summed E-state index contributed by atoms with van der Waals surface area (Å²) in [6.07, 6.45) is -4.87. The summed E-state index contributed by atoms with van der Waals surface area (Å²) in [6.45, 7) is 0. The molecule has 0 saturated heterocycles. The van der Waals surface area contributed by atoms with Crippen LogP contribution < -0.4 is 9.46 Å². The van der Waals surface area contributed by atoms with Gasteiger partial charge in [0.15, 0.2) is 0 Å². The van der Waals surface area contributed by atoms with Gasteiger partial charge in [0.25, 0.3) is 10.0 Å². The second-order valence-corrected chi connectivity index (χ2v) is 6.38. The lowest BCUT2D eigenvalue weighted by Crippen LogP contribution is -2.17. The lowest BCUT2D eigenvalue weighted by Gasteiger charge is -2.11. The maximum Gasteiger partial charge on any atom is 0.573 e. The van der Waals surface area contributed by atoms with Crippen molar-refractivity contribution in [2.45, 2.75) is 11.3 Å². The van der Waals surface area contributed by atoms with E-state index in [1.807, 2.05) is 0 Å². The van der Waals surface area contributed by atoms with Crippen LogP contribution in [0.25, 0.3) is 0 Å². The number of ether oxygens (including phenoxy) is 2. The summed E-state index contributed by atoms with van der Waals surface area (Å²) < 4.78 is 71.3. The molecule has 0 radical (unpaired) electrons. The number of benzene rings is 2. The van der Waals surface area contributed by atoms with Gasteiger partial charge in [0.05, 0.1) is 17.6 Å². The zero-order valence-electron chi connectivity index (χ0n) is 12.7. The number of esters is 1. The number of sulfonamides is 1. The predicted molar refractivity (Wildman–Crippen MR) is 81.7 cm³/mol. The van der Waals surface area contributed by atoms with Crippen molar-refractivity contribution in [3.8, 4) is 5.75 Å². The van der Waals surface area contributed by atoms with Gasteiger partial charge in [-0.15, -0.1) is 13.2 Å². The summed E-state index contributed by atoms with van der Waals surface area (Å²) in [6, 6.07) is 9.26. The summed E-state index contributed by atoms with van der Waals surface area (Å²) in [5.41, 5.74) is 0.232. The van der Waals surface area contributed by atoms with E-state index in [1.54, 1.807) is 0 Å². The molecule has 1 N–H and O–H groups in total. The molecule has 6 nitrogen and oxygen atoms in total. The molecule has 0 amide bonds. The van der Waals surface area contributed by atoms with E-state index in [9.17, 15) is 26.4 Å². The van der Waals surface area contributed by atoms with Crippen LogP contribution >= 0.6 is 0 Å². The molecule has 2 rings (SSSR count). The van der Waals surface area contributed by atoms with Crippen LogP contribution in [-0.2, 0) is 14.8 Å². The van der Waals surface area contributed by atoms with Crippen LogP contribution in [0.15, 0.2) is 53.4 Å². The highest BCUT2D eigenvalue weighted by Crippen LogP contribution is 2.25. The minimum Gasteiger partial charge on any atom is -0.465 e. The first-order valence-electron chi connectivity index (χ1n) is 6.68. The van der Waals surface area contributed by atoms with Gasteiger partial charge >= 0.3 is 12.3 Å². The Bertz CT molecular complexity index is 863. The van der Waals surface area contributed by atoms with E-state index < -0.39 is 28.1 Å². The van der Waals surface area contributed by atoms with E-state index >= 15 is 0 Å². The average molecular weight is 375 g/mol. The average Bonchev–Trinajstić information content (AvgIpc) is 2.53. The number of alkyl halides is 3. The van der Waals surface area contributed by atoms with Crippen molar-refractivity contribution in [2.75, 3.05) is 11.8 Å². The number of carbonyl (C=O) groups excluding carboxylic acids is 1. The highest BCUT2D eigenvalue weighted by molar-refractivity contribution is 7.92. The third kappa shape index (κ3) is 5.11. The standard InChI is InChI=1S/C15H12F3NO5S/c1-23-14(20)10-3-2-4-11(9-10)19-25(21,22)13-7-5-12(6-8-13)24-15(16,17)18/h2-9,19H,1H3. The Hall–Kier alpha value is -2.75. The Morgan fingerprint density at radius 3 is 2.28 bits per heavy atom. The first kappa shape index (κ1) is 18.6. The van der Waals surface area contributed by atoms with Gasteiger partial charge in [-0.3, -0.25) is 4.72 Å². The molecule has 0 aliphatic carbocycles. The summed E-state index contributed by atoms with van der Waals surface area (Å²) in [5.74, 6) is -1.19. The number of carbonyl (C=O) groups is 1. The fourth-order valence-electron chi connectivity index (χ4n) is 1.86. The van der Waals surface area contributed by atoms with E-state index in [2.05, 4.69) is 14.2 Å². The van der Waals surface area contributed by atoms with Crippen molar-refractivity contribution in [1.29, 1.82) is 0 Å². The quantitative estimate of drug-likeness (QED) is 0.812. The molecule has 0 fully saturated rings. The third-order valence-electron chi connectivity index (χ3n) is 2.90. The molecule has 0 aliphatic heterocycles. The Balaban J connectivity index is 2.20. The van der Waals surface area contributed by atoms with Crippen LogP contribution in [0.5, 0.6) is 5.75 Å². The Labute approximate surface area is 141 Å². The number of hydrogen-bond acceptors (Lipinski definition) is 5. The van der Waals surface area contributed by atoms with Crippen molar-refractivity contribution in [3.63, 3.8) is 0 Å². The SMILES string of the molecule is COC(=O)c1cccc(NS(=O)(=O)c2ccc(OC(F)(F)F)cc2)c1. The number of halogens is 3. The monoisotopic (exact) mass is 375 g/mol. The fraction of sp³-hybridized carbons (Fsp3) is 0.133. The summed E-state index contributed by atoms with van der Waals surface area (Å²) >= 11 is 0. The van der Waals surface area contributed by atoms with Crippen molar-refractivity contribution in [3.05, 3.63) is 54.1 Å². The highest BCUT2D eigenvalue weighted by atomic mass is 32.2. The normalized spacial score (nSPS) is 11.7. The molecule has 0 heterocycles. The van der Waals surface area contributed by atoms with Gasteiger partial charge in [0.2, 0.25) is 0 Å². The smallest absolute Gasteiger partial charge is 0.465 e. The van der Waals surface area contributed by atoms with E-state index in [4.69, 9.17) is 0 Å². The van der Waals surface area contributed by atoms with Gasteiger partial charge in [-0.2, -0.15) is 0 Å². The molecule has 2 aromatic carbocycles.